The highest BCUT2D eigenvalue weighted by Gasteiger charge is 2.19. The number of hydrogen-bond donors (Lipinski definition) is 1. The molecule has 2 N–H and O–H groups in total. The smallest absolute Gasteiger partial charge is 0.0739 e. The predicted molar refractivity (Wildman–Crippen MR) is 82.4 cm³/mol. The summed E-state index contributed by atoms with van der Waals surface area (Å²) in [6.45, 7) is 5.02. The first-order valence-corrected chi connectivity index (χ1v) is 7.44. The summed E-state index contributed by atoms with van der Waals surface area (Å²) in [7, 11) is 0. The lowest BCUT2D eigenvalue weighted by atomic mass is 9.99. The fraction of sp³-hybridized carbons (Fsp3) is 0.357. The van der Waals surface area contributed by atoms with Gasteiger partial charge in [0.05, 0.1) is 22.4 Å². The van der Waals surface area contributed by atoms with E-state index in [2.05, 4.69) is 28.0 Å². The number of aryl methyl sites for hydroxylation is 2. The van der Waals surface area contributed by atoms with E-state index in [1.54, 1.807) is 6.20 Å². The molecule has 19 heavy (non-hydrogen) atoms. The largest absolute Gasteiger partial charge is 0.319 e. The second-order valence-electron chi connectivity index (χ2n) is 4.58. The van der Waals surface area contributed by atoms with Gasteiger partial charge >= 0.3 is 0 Å². The van der Waals surface area contributed by atoms with Crippen molar-refractivity contribution in [3.8, 4) is 0 Å². The summed E-state index contributed by atoms with van der Waals surface area (Å²) in [6.07, 6.45) is 2.81. The van der Waals surface area contributed by atoms with Crippen molar-refractivity contribution in [2.75, 3.05) is 0 Å². The highest BCUT2D eigenvalue weighted by molar-refractivity contribution is 9.10. The molecular weight excluding hydrogens is 326 g/mol. The topological polar surface area (TPSA) is 43.8 Å². The number of benzene rings is 1. The molecule has 0 saturated carbocycles. The SMILES string of the molecule is CCCn1ncc(Br)c1C(N)c1cc(Cl)ccc1C. The fourth-order valence-corrected chi connectivity index (χ4v) is 2.89. The van der Waals surface area contributed by atoms with E-state index >= 15 is 0 Å². The van der Waals surface area contributed by atoms with Gasteiger partial charge in [0.25, 0.3) is 0 Å². The predicted octanol–water partition coefficient (Wildman–Crippen LogP) is 4.07. The Bertz CT molecular complexity index is 580. The molecule has 1 aromatic carbocycles. The van der Waals surface area contributed by atoms with Gasteiger partial charge in [-0.05, 0) is 52.5 Å². The summed E-state index contributed by atoms with van der Waals surface area (Å²) in [4.78, 5) is 0. The minimum atomic E-state index is -0.234. The third-order valence-corrected chi connectivity index (χ3v) is 3.99. The van der Waals surface area contributed by atoms with Crippen LogP contribution in [0.3, 0.4) is 0 Å². The average Bonchev–Trinajstić information content (AvgIpc) is 2.73. The van der Waals surface area contributed by atoms with Crippen molar-refractivity contribution < 1.29 is 0 Å². The molecule has 0 amide bonds. The normalized spacial score (nSPS) is 12.7. The number of nitrogens with zero attached hydrogens (tertiary/aromatic N) is 2. The summed E-state index contributed by atoms with van der Waals surface area (Å²) < 4.78 is 2.89. The van der Waals surface area contributed by atoms with Crippen LogP contribution in [0.4, 0.5) is 0 Å². The highest BCUT2D eigenvalue weighted by Crippen LogP contribution is 2.30. The second-order valence-corrected chi connectivity index (χ2v) is 5.87. The van der Waals surface area contributed by atoms with E-state index in [1.807, 2.05) is 29.8 Å². The third-order valence-electron chi connectivity index (χ3n) is 3.14. The average molecular weight is 343 g/mol. The van der Waals surface area contributed by atoms with Crippen LogP contribution in [-0.4, -0.2) is 9.78 Å². The van der Waals surface area contributed by atoms with Crippen molar-refractivity contribution in [2.45, 2.75) is 32.9 Å². The molecule has 102 valence electrons. The summed E-state index contributed by atoms with van der Waals surface area (Å²) in [5.41, 5.74) is 9.57. The van der Waals surface area contributed by atoms with Gasteiger partial charge in [-0.1, -0.05) is 24.6 Å². The monoisotopic (exact) mass is 341 g/mol. The molecule has 1 unspecified atom stereocenters. The van der Waals surface area contributed by atoms with E-state index in [9.17, 15) is 0 Å². The number of hydrogen-bond acceptors (Lipinski definition) is 2. The second kappa shape index (κ2) is 6.07. The molecule has 3 nitrogen and oxygen atoms in total. The molecule has 0 fully saturated rings. The van der Waals surface area contributed by atoms with Crippen LogP contribution in [-0.2, 0) is 6.54 Å². The van der Waals surface area contributed by atoms with Crippen LogP contribution in [0.2, 0.25) is 5.02 Å². The first-order chi connectivity index (χ1) is 9.04. The molecular formula is C14H17BrClN3. The molecule has 0 aliphatic heterocycles. The van der Waals surface area contributed by atoms with Crippen molar-refractivity contribution >= 4 is 27.5 Å². The van der Waals surface area contributed by atoms with Crippen LogP contribution in [0.15, 0.2) is 28.9 Å². The Morgan fingerprint density at radius 3 is 2.89 bits per heavy atom. The van der Waals surface area contributed by atoms with Gasteiger partial charge in [0.15, 0.2) is 0 Å². The van der Waals surface area contributed by atoms with Gasteiger partial charge in [0, 0.05) is 11.6 Å². The Morgan fingerprint density at radius 1 is 1.47 bits per heavy atom. The van der Waals surface area contributed by atoms with Crippen LogP contribution in [0.1, 0.15) is 36.2 Å². The van der Waals surface area contributed by atoms with Crippen LogP contribution >= 0.6 is 27.5 Å². The van der Waals surface area contributed by atoms with E-state index in [4.69, 9.17) is 17.3 Å². The zero-order valence-corrected chi connectivity index (χ0v) is 13.4. The third kappa shape index (κ3) is 3.02. The number of rotatable bonds is 4. The zero-order valence-electron chi connectivity index (χ0n) is 11.0. The van der Waals surface area contributed by atoms with E-state index in [0.717, 1.165) is 34.3 Å². The first-order valence-electron chi connectivity index (χ1n) is 6.27. The number of nitrogens with two attached hydrogens (primary N) is 1. The van der Waals surface area contributed by atoms with Gasteiger partial charge in [0.1, 0.15) is 0 Å². The van der Waals surface area contributed by atoms with Gasteiger partial charge in [-0.15, -0.1) is 0 Å². The molecule has 0 aliphatic rings. The fourth-order valence-electron chi connectivity index (χ4n) is 2.16. The number of aromatic nitrogens is 2. The summed E-state index contributed by atoms with van der Waals surface area (Å²) in [5, 5.41) is 5.06. The zero-order chi connectivity index (χ0) is 14.0. The molecule has 0 bridgehead atoms. The van der Waals surface area contributed by atoms with Crippen LogP contribution in [0, 0.1) is 6.92 Å². The quantitative estimate of drug-likeness (QED) is 0.910. The van der Waals surface area contributed by atoms with Gasteiger partial charge in [-0.3, -0.25) is 4.68 Å². The van der Waals surface area contributed by atoms with Gasteiger partial charge in [-0.2, -0.15) is 5.10 Å². The summed E-state index contributed by atoms with van der Waals surface area (Å²) >= 11 is 9.61. The summed E-state index contributed by atoms with van der Waals surface area (Å²) in [6, 6.07) is 5.57. The first kappa shape index (κ1) is 14.6. The Kier molecular flexibility index (Phi) is 4.66. The summed E-state index contributed by atoms with van der Waals surface area (Å²) in [5.74, 6) is 0. The minimum absolute atomic E-state index is 0.234. The Labute approximate surface area is 126 Å². The standard InChI is InChI=1S/C14H17BrClN3/c1-3-6-19-14(12(15)8-18-19)13(17)11-7-10(16)5-4-9(11)2/h4-5,7-8,13H,3,6,17H2,1-2H3. The molecule has 0 saturated heterocycles. The lowest BCUT2D eigenvalue weighted by molar-refractivity contribution is 0.558. The molecule has 1 heterocycles. The number of halogens is 2. The van der Waals surface area contributed by atoms with Gasteiger partial charge in [0.2, 0.25) is 0 Å². The molecule has 2 aromatic rings. The molecule has 1 atom stereocenters. The molecule has 0 aliphatic carbocycles. The van der Waals surface area contributed by atoms with Crippen molar-refractivity contribution in [3.63, 3.8) is 0 Å². The van der Waals surface area contributed by atoms with Gasteiger partial charge in [-0.25, -0.2) is 0 Å². The molecule has 5 heteroatoms. The molecule has 2 rings (SSSR count). The lowest BCUT2D eigenvalue weighted by Crippen LogP contribution is -2.19. The van der Waals surface area contributed by atoms with Crippen molar-refractivity contribution in [1.82, 2.24) is 9.78 Å². The maximum absolute atomic E-state index is 6.41. The Balaban J connectivity index is 2.46. The minimum Gasteiger partial charge on any atom is -0.319 e. The lowest BCUT2D eigenvalue weighted by Gasteiger charge is -2.17. The molecule has 0 radical (unpaired) electrons. The maximum atomic E-state index is 6.41. The van der Waals surface area contributed by atoms with Crippen LogP contribution in [0.5, 0.6) is 0 Å². The van der Waals surface area contributed by atoms with E-state index in [1.165, 1.54) is 0 Å². The van der Waals surface area contributed by atoms with E-state index < -0.39 is 0 Å². The Hall–Kier alpha value is -0.840. The van der Waals surface area contributed by atoms with Crippen molar-refractivity contribution in [2.24, 2.45) is 5.73 Å². The van der Waals surface area contributed by atoms with E-state index in [-0.39, 0.29) is 6.04 Å². The van der Waals surface area contributed by atoms with E-state index in [0.29, 0.717) is 5.02 Å². The molecule has 1 aromatic heterocycles. The van der Waals surface area contributed by atoms with Crippen molar-refractivity contribution in [3.05, 3.63) is 50.7 Å². The highest BCUT2D eigenvalue weighted by atomic mass is 79.9. The van der Waals surface area contributed by atoms with Gasteiger partial charge < -0.3 is 5.73 Å². The Morgan fingerprint density at radius 2 is 2.21 bits per heavy atom. The van der Waals surface area contributed by atoms with Crippen LogP contribution in [0.25, 0.3) is 0 Å². The molecule has 0 spiro atoms. The van der Waals surface area contributed by atoms with Crippen LogP contribution < -0.4 is 5.73 Å². The maximum Gasteiger partial charge on any atom is 0.0739 e. The van der Waals surface area contributed by atoms with Crippen molar-refractivity contribution in [1.29, 1.82) is 0 Å².